The first-order chi connectivity index (χ1) is 13.1. The summed E-state index contributed by atoms with van der Waals surface area (Å²) in [6.07, 6.45) is 0.839. The number of anilines is 1. The Kier molecular flexibility index (Phi) is 4.71. The minimum Gasteiger partial charge on any atom is -0.486 e. The average molecular weight is 366 g/mol. The van der Waals surface area contributed by atoms with Crippen LogP contribution in [0, 0.1) is 0 Å². The molecule has 2 aromatic rings. The Bertz CT molecular complexity index is 880. The van der Waals surface area contributed by atoms with Gasteiger partial charge in [-0.1, -0.05) is 24.3 Å². The minimum atomic E-state index is -0.183. The van der Waals surface area contributed by atoms with E-state index >= 15 is 0 Å². The molecule has 0 aliphatic carbocycles. The Balaban J connectivity index is 1.50. The lowest BCUT2D eigenvalue weighted by atomic mass is 10.00. The molecule has 0 spiro atoms. The lowest BCUT2D eigenvalue weighted by molar-refractivity contribution is -0.132. The molecule has 2 amide bonds. The number of amides is 2. The van der Waals surface area contributed by atoms with Crippen LogP contribution >= 0.6 is 0 Å². The van der Waals surface area contributed by atoms with E-state index in [1.54, 1.807) is 18.2 Å². The van der Waals surface area contributed by atoms with Crippen LogP contribution in [0.3, 0.4) is 0 Å². The highest BCUT2D eigenvalue weighted by Crippen LogP contribution is 2.34. The first-order valence-corrected chi connectivity index (χ1v) is 9.14. The number of nitrogens with zero attached hydrogens (tertiary/aromatic N) is 2. The Morgan fingerprint density at radius 2 is 1.78 bits per heavy atom. The number of hydrogen-bond donors (Lipinski definition) is 0. The normalized spacial score (nSPS) is 15.1. The third-order valence-corrected chi connectivity index (χ3v) is 4.99. The Hall–Kier alpha value is -3.02. The lowest BCUT2D eigenvalue weighted by Gasteiger charge is -2.31. The van der Waals surface area contributed by atoms with Gasteiger partial charge in [0.15, 0.2) is 11.5 Å². The van der Waals surface area contributed by atoms with Crippen molar-refractivity contribution in [2.24, 2.45) is 0 Å². The highest BCUT2D eigenvalue weighted by atomic mass is 16.6. The standard InChI is InChI=1S/C21H22N2O4/c1-15(24)23(18-6-7-19-20(12-18)27-11-10-26-19)14-21(25)22-9-8-16-4-2-3-5-17(16)13-22/h2-7,12H,8-11,13-14H2,1H3. The third kappa shape index (κ3) is 3.60. The zero-order valence-electron chi connectivity index (χ0n) is 15.3. The minimum absolute atomic E-state index is 0.0111. The van der Waals surface area contributed by atoms with Crippen molar-refractivity contribution < 1.29 is 19.1 Å². The molecule has 2 heterocycles. The van der Waals surface area contributed by atoms with Crippen molar-refractivity contribution >= 4 is 17.5 Å². The summed E-state index contributed by atoms with van der Waals surface area (Å²) in [4.78, 5) is 28.4. The summed E-state index contributed by atoms with van der Waals surface area (Å²) in [6.45, 7) is 3.72. The molecular weight excluding hydrogens is 344 g/mol. The van der Waals surface area contributed by atoms with Gasteiger partial charge in [-0.3, -0.25) is 9.59 Å². The first kappa shape index (κ1) is 17.4. The van der Waals surface area contributed by atoms with Gasteiger partial charge in [0.05, 0.1) is 0 Å². The predicted octanol–water partition coefficient (Wildman–Crippen LogP) is 2.40. The fraction of sp³-hybridized carbons (Fsp3) is 0.333. The van der Waals surface area contributed by atoms with E-state index in [0.717, 1.165) is 6.42 Å². The maximum atomic E-state index is 12.9. The van der Waals surface area contributed by atoms with E-state index in [4.69, 9.17) is 9.47 Å². The van der Waals surface area contributed by atoms with Crippen LogP contribution in [0.25, 0.3) is 0 Å². The maximum Gasteiger partial charge on any atom is 0.242 e. The number of hydrogen-bond acceptors (Lipinski definition) is 4. The number of carbonyl (C=O) groups is 2. The fourth-order valence-corrected chi connectivity index (χ4v) is 3.53. The third-order valence-electron chi connectivity index (χ3n) is 4.99. The molecule has 6 nitrogen and oxygen atoms in total. The Morgan fingerprint density at radius 1 is 1.04 bits per heavy atom. The molecule has 0 unspecified atom stereocenters. The fourth-order valence-electron chi connectivity index (χ4n) is 3.53. The van der Waals surface area contributed by atoms with Crippen molar-refractivity contribution in [2.75, 3.05) is 31.2 Å². The first-order valence-electron chi connectivity index (χ1n) is 9.14. The van der Waals surface area contributed by atoms with Crippen LogP contribution < -0.4 is 14.4 Å². The van der Waals surface area contributed by atoms with Gasteiger partial charge in [0.2, 0.25) is 11.8 Å². The molecule has 0 N–H and O–H groups in total. The van der Waals surface area contributed by atoms with Crippen molar-refractivity contribution in [1.82, 2.24) is 4.90 Å². The quantitative estimate of drug-likeness (QED) is 0.837. The second-order valence-corrected chi connectivity index (χ2v) is 6.77. The molecule has 0 aromatic heterocycles. The molecule has 2 aliphatic rings. The van der Waals surface area contributed by atoms with Gasteiger partial charge >= 0.3 is 0 Å². The zero-order chi connectivity index (χ0) is 18.8. The zero-order valence-corrected chi connectivity index (χ0v) is 15.3. The average Bonchev–Trinajstić information content (AvgIpc) is 2.71. The van der Waals surface area contributed by atoms with Crippen LogP contribution in [-0.2, 0) is 22.6 Å². The van der Waals surface area contributed by atoms with Crippen molar-refractivity contribution in [3.8, 4) is 11.5 Å². The number of carbonyl (C=O) groups excluding carboxylic acids is 2. The highest BCUT2D eigenvalue weighted by molar-refractivity contribution is 5.97. The molecule has 0 bridgehead atoms. The lowest BCUT2D eigenvalue weighted by Crippen LogP contribution is -2.44. The van der Waals surface area contributed by atoms with E-state index in [9.17, 15) is 9.59 Å². The Labute approximate surface area is 158 Å². The summed E-state index contributed by atoms with van der Waals surface area (Å²) in [7, 11) is 0. The molecule has 0 saturated carbocycles. The summed E-state index contributed by atoms with van der Waals surface area (Å²) in [5.74, 6) is 1.02. The molecule has 4 rings (SSSR count). The van der Waals surface area contributed by atoms with Crippen LogP contribution in [0.4, 0.5) is 5.69 Å². The monoisotopic (exact) mass is 366 g/mol. The van der Waals surface area contributed by atoms with Crippen LogP contribution in [0.1, 0.15) is 18.1 Å². The topological polar surface area (TPSA) is 59.1 Å². The van der Waals surface area contributed by atoms with Gasteiger partial charge in [0.25, 0.3) is 0 Å². The van der Waals surface area contributed by atoms with Gasteiger partial charge in [-0.15, -0.1) is 0 Å². The largest absolute Gasteiger partial charge is 0.486 e. The van der Waals surface area contributed by atoms with Crippen LogP contribution in [0.15, 0.2) is 42.5 Å². The molecular formula is C21H22N2O4. The van der Waals surface area contributed by atoms with Gasteiger partial charge in [-0.25, -0.2) is 0 Å². The van der Waals surface area contributed by atoms with E-state index in [2.05, 4.69) is 12.1 Å². The summed E-state index contributed by atoms with van der Waals surface area (Å²) < 4.78 is 11.1. The molecule has 0 fully saturated rings. The number of ether oxygens (including phenoxy) is 2. The SMILES string of the molecule is CC(=O)N(CC(=O)N1CCc2ccccc2C1)c1ccc2c(c1)OCCO2. The van der Waals surface area contributed by atoms with E-state index in [1.165, 1.54) is 23.0 Å². The highest BCUT2D eigenvalue weighted by Gasteiger charge is 2.25. The molecule has 0 saturated heterocycles. The Morgan fingerprint density at radius 3 is 2.56 bits per heavy atom. The van der Waals surface area contributed by atoms with Crippen molar-refractivity contribution in [3.63, 3.8) is 0 Å². The second kappa shape index (κ2) is 7.31. The second-order valence-electron chi connectivity index (χ2n) is 6.77. The van der Waals surface area contributed by atoms with Crippen LogP contribution in [-0.4, -0.2) is 43.0 Å². The van der Waals surface area contributed by atoms with Gasteiger partial charge in [-0.05, 0) is 29.7 Å². The summed E-state index contributed by atoms with van der Waals surface area (Å²) >= 11 is 0. The van der Waals surface area contributed by atoms with Crippen LogP contribution in [0.2, 0.25) is 0 Å². The van der Waals surface area contributed by atoms with Gasteiger partial charge in [0.1, 0.15) is 19.8 Å². The van der Waals surface area contributed by atoms with Crippen molar-refractivity contribution in [1.29, 1.82) is 0 Å². The van der Waals surface area contributed by atoms with E-state index in [0.29, 0.717) is 43.5 Å². The number of benzene rings is 2. The van der Waals surface area contributed by atoms with Crippen LogP contribution in [0.5, 0.6) is 11.5 Å². The predicted molar refractivity (Wildman–Crippen MR) is 101 cm³/mol. The molecule has 140 valence electrons. The molecule has 2 aliphatic heterocycles. The van der Waals surface area contributed by atoms with Crippen molar-refractivity contribution in [2.45, 2.75) is 19.9 Å². The number of rotatable bonds is 3. The van der Waals surface area contributed by atoms with Gasteiger partial charge in [0, 0.05) is 31.8 Å². The number of fused-ring (bicyclic) bond motifs is 2. The van der Waals surface area contributed by atoms with Gasteiger partial charge in [-0.2, -0.15) is 0 Å². The van der Waals surface area contributed by atoms with Gasteiger partial charge < -0.3 is 19.3 Å². The van der Waals surface area contributed by atoms with E-state index in [1.807, 2.05) is 17.0 Å². The molecule has 0 atom stereocenters. The van der Waals surface area contributed by atoms with E-state index in [-0.39, 0.29) is 18.4 Å². The van der Waals surface area contributed by atoms with E-state index < -0.39 is 0 Å². The summed E-state index contributed by atoms with van der Waals surface area (Å²) in [6, 6.07) is 13.5. The molecule has 27 heavy (non-hydrogen) atoms. The molecule has 6 heteroatoms. The molecule has 2 aromatic carbocycles. The summed E-state index contributed by atoms with van der Waals surface area (Å²) in [5, 5.41) is 0. The molecule has 0 radical (unpaired) electrons. The maximum absolute atomic E-state index is 12.9. The smallest absolute Gasteiger partial charge is 0.242 e. The summed E-state index contributed by atoms with van der Waals surface area (Å²) in [5.41, 5.74) is 3.10. The van der Waals surface area contributed by atoms with Crippen molar-refractivity contribution in [3.05, 3.63) is 53.6 Å².